The normalized spacial score (nSPS) is 15.0. The molecule has 1 aromatic carbocycles. The van der Waals surface area contributed by atoms with Gasteiger partial charge in [0, 0.05) is 6.04 Å². The monoisotopic (exact) mass is 297 g/mol. The zero-order valence-corrected chi connectivity index (χ0v) is 11.8. The summed E-state index contributed by atoms with van der Waals surface area (Å²) >= 11 is 0. The van der Waals surface area contributed by atoms with Crippen LogP contribution >= 0.6 is 0 Å². The van der Waals surface area contributed by atoms with Gasteiger partial charge in [0.15, 0.2) is 0 Å². The van der Waals surface area contributed by atoms with E-state index in [1.165, 1.54) is 12.0 Å². The molecule has 0 aromatic heterocycles. The van der Waals surface area contributed by atoms with Gasteiger partial charge in [-0.1, -0.05) is 12.8 Å². The van der Waals surface area contributed by atoms with Gasteiger partial charge in [0.1, 0.15) is 18.2 Å². The van der Waals surface area contributed by atoms with E-state index in [9.17, 15) is 18.4 Å². The molecular formula is C15H17F2NO3. The first-order valence-corrected chi connectivity index (χ1v) is 6.85. The van der Waals surface area contributed by atoms with Crippen LogP contribution in [0.15, 0.2) is 18.2 Å². The number of rotatable bonds is 4. The van der Waals surface area contributed by atoms with Gasteiger partial charge < -0.3 is 9.64 Å². The molecule has 6 heteroatoms. The third kappa shape index (κ3) is 3.56. The molecule has 0 saturated heterocycles. The van der Waals surface area contributed by atoms with E-state index in [1.807, 2.05) is 0 Å². The van der Waals surface area contributed by atoms with E-state index in [0.717, 1.165) is 43.9 Å². The molecule has 0 N–H and O–H groups in total. The summed E-state index contributed by atoms with van der Waals surface area (Å²) in [6.07, 6.45) is 3.39. The third-order valence-electron chi connectivity index (χ3n) is 3.71. The smallest absolute Gasteiger partial charge is 0.325 e. The average molecular weight is 297 g/mol. The molecule has 4 nitrogen and oxygen atoms in total. The summed E-state index contributed by atoms with van der Waals surface area (Å²) in [5.41, 5.74) is -0.356. The zero-order valence-electron chi connectivity index (χ0n) is 11.8. The maximum absolute atomic E-state index is 13.8. The number of amides is 1. The van der Waals surface area contributed by atoms with Gasteiger partial charge in [-0.3, -0.25) is 9.59 Å². The van der Waals surface area contributed by atoms with Gasteiger partial charge in [-0.25, -0.2) is 8.78 Å². The molecule has 1 aromatic rings. The second-order valence-electron chi connectivity index (χ2n) is 5.07. The Morgan fingerprint density at radius 1 is 1.29 bits per heavy atom. The number of carbonyl (C=O) groups is 2. The molecule has 0 unspecified atom stereocenters. The predicted molar refractivity (Wildman–Crippen MR) is 71.7 cm³/mol. The number of halogens is 2. The second-order valence-corrected chi connectivity index (χ2v) is 5.07. The summed E-state index contributed by atoms with van der Waals surface area (Å²) in [6, 6.07) is 2.58. The van der Waals surface area contributed by atoms with Crippen LogP contribution in [-0.4, -0.2) is 36.5 Å². The van der Waals surface area contributed by atoms with Gasteiger partial charge in [-0.05, 0) is 31.0 Å². The minimum atomic E-state index is -0.797. The van der Waals surface area contributed by atoms with E-state index in [0.29, 0.717) is 0 Å². The van der Waals surface area contributed by atoms with Crippen LogP contribution in [0.5, 0.6) is 0 Å². The van der Waals surface area contributed by atoms with Crippen molar-refractivity contribution in [3.05, 3.63) is 35.4 Å². The van der Waals surface area contributed by atoms with Gasteiger partial charge in [0.2, 0.25) is 0 Å². The standard InChI is InChI=1S/C15H17F2NO3/c1-21-14(19)9-18(11-4-2-3-5-11)15(20)12-8-10(16)6-7-13(12)17/h6-8,11H,2-5,9H2,1H3. The Bertz CT molecular complexity index is 542. The first kappa shape index (κ1) is 15.4. The molecule has 1 fully saturated rings. The summed E-state index contributed by atoms with van der Waals surface area (Å²) in [7, 11) is 1.22. The summed E-state index contributed by atoms with van der Waals surface area (Å²) in [6.45, 7) is -0.254. The van der Waals surface area contributed by atoms with Crippen LogP contribution in [0.25, 0.3) is 0 Å². The van der Waals surface area contributed by atoms with Crippen molar-refractivity contribution < 1.29 is 23.1 Å². The molecule has 0 aliphatic heterocycles. The molecule has 1 aliphatic rings. The molecule has 0 bridgehead atoms. The van der Waals surface area contributed by atoms with Crippen LogP contribution in [0.4, 0.5) is 8.78 Å². The predicted octanol–water partition coefficient (Wildman–Crippen LogP) is 2.52. The van der Waals surface area contributed by atoms with Gasteiger partial charge in [0.05, 0.1) is 12.7 Å². The average Bonchev–Trinajstić information content (AvgIpc) is 3.00. The molecule has 0 radical (unpaired) electrons. The highest BCUT2D eigenvalue weighted by atomic mass is 19.1. The fourth-order valence-corrected chi connectivity index (χ4v) is 2.60. The minimum absolute atomic E-state index is 0.140. The summed E-state index contributed by atoms with van der Waals surface area (Å²) in [5.74, 6) is -2.74. The summed E-state index contributed by atoms with van der Waals surface area (Å²) in [4.78, 5) is 25.2. The maximum atomic E-state index is 13.8. The maximum Gasteiger partial charge on any atom is 0.325 e. The fourth-order valence-electron chi connectivity index (χ4n) is 2.60. The fraction of sp³-hybridized carbons (Fsp3) is 0.467. The van der Waals surface area contributed by atoms with Crippen molar-refractivity contribution >= 4 is 11.9 Å². The highest BCUT2D eigenvalue weighted by molar-refractivity contribution is 5.96. The molecule has 0 heterocycles. The van der Waals surface area contributed by atoms with E-state index in [4.69, 9.17) is 0 Å². The topological polar surface area (TPSA) is 46.6 Å². The molecule has 1 saturated carbocycles. The largest absolute Gasteiger partial charge is 0.468 e. The number of nitrogens with zero attached hydrogens (tertiary/aromatic N) is 1. The number of ether oxygens (including phenoxy) is 1. The lowest BCUT2D eigenvalue weighted by atomic mass is 10.1. The highest BCUT2D eigenvalue weighted by Gasteiger charge is 2.30. The second kappa shape index (κ2) is 6.65. The SMILES string of the molecule is COC(=O)CN(C(=O)c1cc(F)ccc1F)C1CCCC1. The van der Waals surface area contributed by atoms with Crippen LogP contribution in [-0.2, 0) is 9.53 Å². The number of hydrogen-bond acceptors (Lipinski definition) is 3. The Morgan fingerprint density at radius 3 is 2.57 bits per heavy atom. The van der Waals surface area contributed by atoms with Crippen molar-refractivity contribution in [1.82, 2.24) is 4.90 Å². The molecule has 114 valence electrons. The molecule has 2 rings (SSSR count). The first-order chi connectivity index (χ1) is 10.0. The lowest BCUT2D eigenvalue weighted by Gasteiger charge is -2.28. The van der Waals surface area contributed by atoms with Crippen LogP contribution in [0.1, 0.15) is 36.0 Å². The molecule has 0 spiro atoms. The van der Waals surface area contributed by atoms with Gasteiger partial charge in [-0.15, -0.1) is 0 Å². The molecule has 0 atom stereocenters. The quantitative estimate of drug-likeness (QED) is 0.802. The number of methoxy groups -OCH3 is 1. The van der Waals surface area contributed by atoms with Crippen LogP contribution in [0.3, 0.4) is 0 Å². The van der Waals surface area contributed by atoms with Gasteiger partial charge in [-0.2, -0.15) is 0 Å². The van der Waals surface area contributed by atoms with E-state index in [-0.39, 0.29) is 18.2 Å². The number of carbonyl (C=O) groups excluding carboxylic acids is 2. The van der Waals surface area contributed by atoms with Crippen molar-refractivity contribution in [2.24, 2.45) is 0 Å². The molecular weight excluding hydrogens is 280 g/mol. The van der Waals surface area contributed by atoms with Crippen LogP contribution in [0.2, 0.25) is 0 Å². The summed E-state index contributed by atoms with van der Waals surface area (Å²) in [5, 5.41) is 0. The third-order valence-corrected chi connectivity index (χ3v) is 3.71. The number of esters is 1. The van der Waals surface area contributed by atoms with E-state index in [2.05, 4.69) is 4.74 Å². The van der Waals surface area contributed by atoms with E-state index < -0.39 is 23.5 Å². The lowest BCUT2D eigenvalue weighted by Crippen LogP contribution is -2.43. The van der Waals surface area contributed by atoms with Gasteiger partial charge >= 0.3 is 5.97 Å². The Morgan fingerprint density at radius 2 is 1.95 bits per heavy atom. The van der Waals surface area contributed by atoms with Crippen molar-refractivity contribution in [2.75, 3.05) is 13.7 Å². The first-order valence-electron chi connectivity index (χ1n) is 6.85. The Balaban J connectivity index is 2.28. The van der Waals surface area contributed by atoms with Crippen molar-refractivity contribution in [3.63, 3.8) is 0 Å². The van der Waals surface area contributed by atoms with Crippen molar-refractivity contribution in [2.45, 2.75) is 31.7 Å². The minimum Gasteiger partial charge on any atom is -0.468 e. The zero-order chi connectivity index (χ0) is 15.4. The van der Waals surface area contributed by atoms with Crippen LogP contribution < -0.4 is 0 Å². The van der Waals surface area contributed by atoms with Gasteiger partial charge in [0.25, 0.3) is 5.91 Å². The highest BCUT2D eigenvalue weighted by Crippen LogP contribution is 2.25. The lowest BCUT2D eigenvalue weighted by molar-refractivity contribution is -0.141. The van der Waals surface area contributed by atoms with E-state index in [1.54, 1.807) is 0 Å². The Kier molecular flexibility index (Phi) is 4.88. The van der Waals surface area contributed by atoms with Crippen LogP contribution in [0, 0.1) is 11.6 Å². The van der Waals surface area contributed by atoms with E-state index >= 15 is 0 Å². The Labute approximate surface area is 121 Å². The summed E-state index contributed by atoms with van der Waals surface area (Å²) < 4.78 is 31.6. The van der Waals surface area contributed by atoms with Crippen molar-refractivity contribution in [1.29, 1.82) is 0 Å². The molecule has 21 heavy (non-hydrogen) atoms. The molecule has 1 aliphatic carbocycles. The number of hydrogen-bond donors (Lipinski definition) is 0. The van der Waals surface area contributed by atoms with Crippen molar-refractivity contribution in [3.8, 4) is 0 Å². The Hall–Kier alpha value is -1.98. The molecule has 1 amide bonds. The number of benzene rings is 1.